The van der Waals surface area contributed by atoms with Crippen LogP contribution in [-0.4, -0.2) is 11.1 Å². The SMILES string of the molecule is CCCCCCCCCCCCCCCCC(S)(C(=O)O)c1ccccc1. The van der Waals surface area contributed by atoms with Crippen LogP contribution < -0.4 is 0 Å². The fourth-order valence-electron chi connectivity index (χ4n) is 3.66. The molecule has 0 aliphatic carbocycles. The number of thiol groups is 1. The number of carbonyl (C=O) groups is 1. The van der Waals surface area contributed by atoms with Crippen molar-refractivity contribution in [3.8, 4) is 0 Å². The number of aliphatic carboxylic acids is 1. The summed E-state index contributed by atoms with van der Waals surface area (Å²) in [6, 6.07) is 9.41. The van der Waals surface area contributed by atoms with E-state index in [-0.39, 0.29) is 0 Å². The molecule has 1 unspecified atom stereocenters. The molecule has 0 amide bonds. The molecule has 2 nitrogen and oxygen atoms in total. The van der Waals surface area contributed by atoms with Crippen LogP contribution in [0.4, 0.5) is 0 Å². The molecule has 1 atom stereocenters. The van der Waals surface area contributed by atoms with Crippen molar-refractivity contribution in [1.29, 1.82) is 0 Å². The number of carboxylic acid groups (broad SMARTS) is 1. The Kier molecular flexibility index (Phi) is 13.4. The first kappa shape index (κ1) is 24.1. The fourth-order valence-corrected chi connectivity index (χ4v) is 3.97. The van der Waals surface area contributed by atoms with Crippen LogP contribution >= 0.6 is 12.6 Å². The molecule has 3 heteroatoms. The highest BCUT2D eigenvalue weighted by Gasteiger charge is 2.35. The van der Waals surface area contributed by atoms with Gasteiger partial charge in [-0.1, -0.05) is 127 Å². The molecule has 1 N–H and O–H groups in total. The van der Waals surface area contributed by atoms with E-state index >= 15 is 0 Å². The summed E-state index contributed by atoms with van der Waals surface area (Å²) in [6.07, 6.45) is 18.9. The van der Waals surface area contributed by atoms with Gasteiger partial charge in [0.25, 0.3) is 0 Å². The van der Waals surface area contributed by atoms with E-state index in [2.05, 4.69) is 19.6 Å². The van der Waals surface area contributed by atoms with Crippen molar-refractivity contribution >= 4 is 18.6 Å². The minimum absolute atomic E-state index is 0.591. The van der Waals surface area contributed by atoms with Crippen LogP contribution in [0.1, 0.15) is 109 Å². The largest absolute Gasteiger partial charge is 0.480 e. The van der Waals surface area contributed by atoms with Crippen molar-refractivity contribution in [2.24, 2.45) is 0 Å². The highest BCUT2D eigenvalue weighted by Crippen LogP contribution is 2.34. The van der Waals surface area contributed by atoms with Crippen molar-refractivity contribution in [1.82, 2.24) is 0 Å². The molecule has 0 radical (unpaired) electrons. The lowest BCUT2D eigenvalue weighted by atomic mass is 9.92. The molecule has 0 saturated carbocycles. The molecule has 0 spiro atoms. The van der Waals surface area contributed by atoms with Crippen LogP contribution in [-0.2, 0) is 9.54 Å². The number of rotatable bonds is 17. The zero-order valence-corrected chi connectivity index (χ0v) is 18.2. The second-order valence-corrected chi connectivity index (χ2v) is 8.64. The van der Waals surface area contributed by atoms with Gasteiger partial charge in [0.15, 0.2) is 0 Å². The van der Waals surface area contributed by atoms with Gasteiger partial charge in [0.05, 0.1) is 0 Å². The van der Waals surface area contributed by atoms with E-state index in [4.69, 9.17) is 0 Å². The van der Waals surface area contributed by atoms with Crippen LogP contribution in [0.3, 0.4) is 0 Å². The minimum atomic E-state index is -1.06. The van der Waals surface area contributed by atoms with Gasteiger partial charge in [0.2, 0.25) is 0 Å². The van der Waals surface area contributed by atoms with Crippen LogP contribution in [0.5, 0.6) is 0 Å². The Morgan fingerprint density at radius 1 is 0.778 bits per heavy atom. The molecule has 0 aliphatic heterocycles. The molecule has 0 saturated heterocycles. The molecule has 27 heavy (non-hydrogen) atoms. The Bertz CT molecular complexity index is 488. The zero-order chi connectivity index (χ0) is 19.8. The summed E-state index contributed by atoms with van der Waals surface area (Å²) in [5.74, 6) is -0.841. The third-order valence-electron chi connectivity index (χ3n) is 5.50. The molecule has 154 valence electrons. The molecule has 1 aromatic rings. The quantitative estimate of drug-likeness (QED) is 0.210. The van der Waals surface area contributed by atoms with Crippen molar-refractivity contribution < 1.29 is 9.90 Å². The van der Waals surface area contributed by atoms with Crippen LogP contribution in [0, 0.1) is 0 Å². The van der Waals surface area contributed by atoms with Crippen molar-refractivity contribution in [3.05, 3.63) is 35.9 Å². The third kappa shape index (κ3) is 10.2. The summed E-state index contributed by atoms with van der Waals surface area (Å²) >= 11 is 4.52. The lowest BCUT2D eigenvalue weighted by Gasteiger charge is -2.24. The standard InChI is InChI=1S/C24H40O2S/c1-2-3-4-5-6-7-8-9-10-11-12-13-14-18-21-24(27,23(25)26)22-19-16-15-17-20-22/h15-17,19-20,27H,2-14,18,21H2,1H3,(H,25,26). The summed E-state index contributed by atoms with van der Waals surface area (Å²) in [6.45, 7) is 2.27. The normalized spacial score (nSPS) is 13.4. The highest BCUT2D eigenvalue weighted by atomic mass is 32.1. The fraction of sp³-hybridized carbons (Fsp3) is 0.708. The Hall–Kier alpha value is -0.960. The number of carboxylic acids is 1. The Morgan fingerprint density at radius 2 is 1.19 bits per heavy atom. The zero-order valence-electron chi connectivity index (χ0n) is 17.3. The Morgan fingerprint density at radius 3 is 1.59 bits per heavy atom. The van der Waals surface area contributed by atoms with Crippen LogP contribution in [0.2, 0.25) is 0 Å². The van der Waals surface area contributed by atoms with Gasteiger partial charge in [0, 0.05) is 0 Å². The second-order valence-electron chi connectivity index (χ2n) is 7.88. The van der Waals surface area contributed by atoms with E-state index in [0.29, 0.717) is 6.42 Å². The molecule has 0 aliphatic rings. The number of hydrogen-bond donors (Lipinski definition) is 2. The molecule has 1 rings (SSSR count). The summed E-state index contributed by atoms with van der Waals surface area (Å²) in [4.78, 5) is 11.7. The lowest BCUT2D eigenvalue weighted by molar-refractivity contribution is -0.140. The van der Waals surface area contributed by atoms with Gasteiger partial charge in [-0.25, -0.2) is 0 Å². The van der Waals surface area contributed by atoms with E-state index in [1.54, 1.807) is 0 Å². The first-order valence-electron chi connectivity index (χ1n) is 11.1. The van der Waals surface area contributed by atoms with Gasteiger partial charge >= 0.3 is 5.97 Å². The monoisotopic (exact) mass is 392 g/mol. The first-order chi connectivity index (χ1) is 13.1. The van der Waals surface area contributed by atoms with Crippen molar-refractivity contribution in [2.45, 2.75) is 108 Å². The maximum Gasteiger partial charge on any atom is 0.324 e. The number of hydrogen-bond acceptors (Lipinski definition) is 2. The molecule has 0 heterocycles. The summed E-state index contributed by atoms with van der Waals surface area (Å²) in [5.41, 5.74) is 0.788. The van der Waals surface area contributed by atoms with Gasteiger partial charge in [-0.15, -0.1) is 0 Å². The number of unbranched alkanes of at least 4 members (excludes halogenated alkanes) is 13. The minimum Gasteiger partial charge on any atom is -0.480 e. The average Bonchev–Trinajstić information content (AvgIpc) is 2.68. The van der Waals surface area contributed by atoms with E-state index < -0.39 is 10.7 Å². The molecular formula is C24H40O2S. The van der Waals surface area contributed by atoms with E-state index in [1.807, 2.05) is 30.3 Å². The molecule has 1 aromatic carbocycles. The van der Waals surface area contributed by atoms with Crippen LogP contribution in [0.25, 0.3) is 0 Å². The van der Waals surface area contributed by atoms with Crippen LogP contribution in [0.15, 0.2) is 30.3 Å². The smallest absolute Gasteiger partial charge is 0.324 e. The lowest BCUT2D eigenvalue weighted by Crippen LogP contribution is -2.29. The maximum absolute atomic E-state index is 11.7. The predicted octanol–water partition coefficient (Wildman–Crippen LogP) is 7.77. The van der Waals surface area contributed by atoms with Crippen molar-refractivity contribution in [3.63, 3.8) is 0 Å². The maximum atomic E-state index is 11.7. The van der Waals surface area contributed by atoms with E-state index in [0.717, 1.165) is 18.4 Å². The first-order valence-corrected chi connectivity index (χ1v) is 11.6. The molecule has 0 aromatic heterocycles. The van der Waals surface area contributed by atoms with Gasteiger partial charge in [-0.05, 0) is 12.0 Å². The number of benzene rings is 1. The Labute approximate surface area is 172 Å². The van der Waals surface area contributed by atoms with Gasteiger partial charge in [0.1, 0.15) is 4.75 Å². The predicted molar refractivity (Wildman–Crippen MR) is 120 cm³/mol. The summed E-state index contributed by atoms with van der Waals surface area (Å²) in [7, 11) is 0. The highest BCUT2D eigenvalue weighted by molar-refractivity contribution is 7.82. The topological polar surface area (TPSA) is 37.3 Å². The van der Waals surface area contributed by atoms with Gasteiger partial charge < -0.3 is 5.11 Å². The van der Waals surface area contributed by atoms with Crippen molar-refractivity contribution in [2.75, 3.05) is 0 Å². The summed E-state index contributed by atoms with van der Waals surface area (Å²) < 4.78 is -1.06. The molecular weight excluding hydrogens is 352 g/mol. The van der Waals surface area contributed by atoms with E-state index in [1.165, 1.54) is 77.0 Å². The van der Waals surface area contributed by atoms with E-state index in [9.17, 15) is 9.90 Å². The molecule has 0 fully saturated rings. The molecule has 0 bridgehead atoms. The second kappa shape index (κ2) is 15.0. The Balaban J connectivity index is 2.02. The summed E-state index contributed by atoms with van der Waals surface area (Å²) in [5, 5.41) is 9.61. The van der Waals surface area contributed by atoms with Gasteiger partial charge in [-0.3, -0.25) is 4.79 Å². The average molecular weight is 393 g/mol. The van der Waals surface area contributed by atoms with Gasteiger partial charge in [-0.2, -0.15) is 12.6 Å². The third-order valence-corrected chi connectivity index (χ3v) is 6.17.